The van der Waals surface area contributed by atoms with Gasteiger partial charge in [0.15, 0.2) is 5.13 Å². The average molecular weight is 343 g/mol. The lowest BCUT2D eigenvalue weighted by Crippen LogP contribution is -2.41. The lowest BCUT2D eigenvalue weighted by Gasteiger charge is -2.32. The molecule has 3 rings (SSSR count). The Morgan fingerprint density at radius 3 is 2.92 bits per heavy atom. The van der Waals surface area contributed by atoms with E-state index in [0.717, 1.165) is 56.0 Å². The number of aryl methyl sites for hydroxylation is 1. The SMILES string of the molecule is CCCc1ccc(C(=O)NCC2CCCN(c3nccs3)C2)cc1. The number of carbonyl (C=O) groups is 1. The molecular formula is C19H25N3OS. The van der Waals surface area contributed by atoms with Crippen LogP contribution in [0, 0.1) is 5.92 Å². The van der Waals surface area contributed by atoms with Crippen molar-refractivity contribution in [3.05, 3.63) is 47.0 Å². The standard InChI is InChI=1S/C19H25N3OS/c1-2-4-15-6-8-17(9-7-15)18(23)21-13-16-5-3-11-22(14-16)19-20-10-12-24-19/h6-10,12,16H,2-5,11,13-14H2,1H3,(H,21,23). The molecule has 0 radical (unpaired) electrons. The maximum absolute atomic E-state index is 12.3. The third-order valence-corrected chi connectivity index (χ3v) is 5.35. The number of piperidine rings is 1. The van der Waals surface area contributed by atoms with Gasteiger partial charge < -0.3 is 10.2 Å². The van der Waals surface area contributed by atoms with Crippen LogP contribution in [-0.4, -0.2) is 30.5 Å². The number of nitrogens with zero attached hydrogens (tertiary/aromatic N) is 2. The van der Waals surface area contributed by atoms with Gasteiger partial charge in [0.05, 0.1) is 0 Å². The molecule has 0 aliphatic carbocycles. The molecule has 1 unspecified atom stereocenters. The molecule has 1 amide bonds. The van der Waals surface area contributed by atoms with E-state index in [2.05, 4.69) is 34.3 Å². The first-order valence-corrected chi connectivity index (χ1v) is 9.66. The van der Waals surface area contributed by atoms with Crippen LogP contribution >= 0.6 is 11.3 Å². The number of thiazole rings is 1. The highest BCUT2D eigenvalue weighted by atomic mass is 32.1. The molecule has 1 aliphatic heterocycles. The second-order valence-corrected chi connectivity index (χ2v) is 7.30. The molecule has 1 aliphatic rings. The molecule has 1 aromatic carbocycles. The first-order valence-electron chi connectivity index (χ1n) is 8.78. The minimum Gasteiger partial charge on any atom is -0.352 e. The van der Waals surface area contributed by atoms with Crippen molar-refractivity contribution in [3.63, 3.8) is 0 Å². The van der Waals surface area contributed by atoms with Crippen molar-refractivity contribution >= 4 is 22.4 Å². The number of benzene rings is 1. The van der Waals surface area contributed by atoms with Gasteiger partial charge in [-0.1, -0.05) is 25.5 Å². The largest absolute Gasteiger partial charge is 0.352 e. The van der Waals surface area contributed by atoms with E-state index in [4.69, 9.17) is 0 Å². The maximum atomic E-state index is 12.3. The molecule has 1 N–H and O–H groups in total. The van der Waals surface area contributed by atoms with Gasteiger partial charge in [-0.2, -0.15) is 0 Å². The summed E-state index contributed by atoms with van der Waals surface area (Å²) in [5.41, 5.74) is 2.04. The summed E-state index contributed by atoms with van der Waals surface area (Å²) in [6.45, 7) is 4.94. The first-order chi connectivity index (χ1) is 11.8. The second-order valence-electron chi connectivity index (χ2n) is 6.43. The molecule has 1 aromatic heterocycles. The summed E-state index contributed by atoms with van der Waals surface area (Å²) in [7, 11) is 0. The van der Waals surface area contributed by atoms with E-state index in [1.54, 1.807) is 11.3 Å². The van der Waals surface area contributed by atoms with E-state index in [1.165, 1.54) is 5.56 Å². The van der Waals surface area contributed by atoms with Gasteiger partial charge >= 0.3 is 0 Å². The Bertz CT molecular complexity index is 639. The van der Waals surface area contributed by atoms with Gasteiger partial charge in [-0.3, -0.25) is 4.79 Å². The molecule has 24 heavy (non-hydrogen) atoms. The minimum atomic E-state index is 0.0319. The highest BCUT2D eigenvalue weighted by Gasteiger charge is 2.22. The smallest absolute Gasteiger partial charge is 0.251 e. The third-order valence-electron chi connectivity index (χ3n) is 4.51. The van der Waals surface area contributed by atoms with Crippen LogP contribution < -0.4 is 10.2 Å². The van der Waals surface area contributed by atoms with E-state index in [-0.39, 0.29) is 5.91 Å². The van der Waals surface area contributed by atoms with Crippen molar-refractivity contribution < 1.29 is 4.79 Å². The topological polar surface area (TPSA) is 45.2 Å². The van der Waals surface area contributed by atoms with Crippen LogP contribution in [0.2, 0.25) is 0 Å². The zero-order valence-electron chi connectivity index (χ0n) is 14.2. The number of aromatic nitrogens is 1. The average Bonchev–Trinajstić information content (AvgIpc) is 3.16. The van der Waals surface area contributed by atoms with Crippen molar-refractivity contribution in [2.24, 2.45) is 5.92 Å². The van der Waals surface area contributed by atoms with Crippen molar-refractivity contribution in [3.8, 4) is 0 Å². The molecule has 2 aromatic rings. The second kappa shape index (κ2) is 8.29. The third kappa shape index (κ3) is 4.35. The Hall–Kier alpha value is -1.88. The van der Waals surface area contributed by atoms with E-state index in [1.807, 2.05) is 23.7 Å². The van der Waals surface area contributed by atoms with Gasteiger partial charge in [0.1, 0.15) is 0 Å². The van der Waals surface area contributed by atoms with Crippen molar-refractivity contribution in [1.82, 2.24) is 10.3 Å². The summed E-state index contributed by atoms with van der Waals surface area (Å²) in [4.78, 5) is 19.1. The molecule has 0 spiro atoms. The van der Waals surface area contributed by atoms with Crippen LogP contribution in [-0.2, 0) is 6.42 Å². The lowest BCUT2D eigenvalue weighted by atomic mass is 9.98. The number of anilines is 1. The fourth-order valence-electron chi connectivity index (χ4n) is 3.23. The Labute approximate surface area is 147 Å². The van der Waals surface area contributed by atoms with Crippen molar-refractivity contribution in [2.45, 2.75) is 32.6 Å². The number of carbonyl (C=O) groups excluding carboxylic acids is 1. The fraction of sp³-hybridized carbons (Fsp3) is 0.474. The molecule has 1 atom stereocenters. The predicted molar refractivity (Wildman–Crippen MR) is 99.8 cm³/mol. The van der Waals surface area contributed by atoms with Crippen LogP contribution in [0.3, 0.4) is 0 Å². The minimum absolute atomic E-state index is 0.0319. The molecule has 5 heteroatoms. The Balaban J connectivity index is 1.50. The monoisotopic (exact) mass is 343 g/mol. The molecule has 1 fully saturated rings. The summed E-state index contributed by atoms with van der Waals surface area (Å²) < 4.78 is 0. The highest BCUT2D eigenvalue weighted by Crippen LogP contribution is 2.24. The van der Waals surface area contributed by atoms with Crippen LogP contribution in [0.25, 0.3) is 0 Å². The van der Waals surface area contributed by atoms with E-state index in [0.29, 0.717) is 5.92 Å². The number of hydrogen-bond acceptors (Lipinski definition) is 4. The molecule has 2 heterocycles. The Kier molecular flexibility index (Phi) is 5.86. The summed E-state index contributed by atoms with van der Waals surface area (Å²) >= 11 is 1.69. The van der Waals surface area contributed by atoms with Gasteiger partial charge in [0.25, 0.3) is 5.91 Å². The van der Waals surface area contributed by atoms with Gasteiger partial charge in [-0.25, -0.2) is 4.98 Å². The molecule has 0 bridgehead atoms. The summed E-state index contributed by atoms with van der Waals surface area (Å²) in [6.07, 6.45) is 6.37. The predicted octanol–water partition coefficient (Wildman–Crippen LogP) is 3.74. The highest BCUT2D eigenvalue weighted by molar-refractivity contribution is 7.13. The Morgan fingerprint density at radius 2 is 2.21 bits per heavy atom. The van der Waals surface area contributed by atoms with E-state index in [9.17, 15) is 4.79 Å². The quantitative estimate of drug-likeness (QED) is 0.869. The first kappa shape index (κ1) is 17.0. The van der Waals surface area contributed by atoms with Gasteiger partial charge in [-0.15, -0.1) is 11.3 Å². The maximum Gasteiger partial charge on any atom is 0.251 e. The number of hydrogen-bond donors (Lipinski definition) is 1. The summed E-state index contributed by atoms with van der Waals surface area (Å²) in [6, 6.07) is 7.98. The van der Waals surface area contributed by atoms with Gasteiger partial charge in [0, 0.05) is 36.8 Å². The van der Waals surface area contributed by atoms with Crippen molar-refractivity contribution in [2.75, 3.05) is 24.5 Å². The van der Waals surface area contributed by atoms with Crippen LogP contribution in [0.5, 0.6) is 0 Å². The zero-order chi connectivity index (χ0) is 16.8. The molecule has 1 saturated heterocycles. The number of nitrogens with one attached hydrogen (secondary N) is 1. The number of amides is 1. The van der Waals surface area contributed by atoms with Crippen molar-refractivity contribution in [1.29, 1.82) is 0 Å². The molecule has 0 saturated carbocycles. The molecule has 4 nitrogen and oxygen atoms in total. The van der Waals surface area contributed by atoms with E-state index < -0.39 is 0 Å². The summed E-state index contributed by atoms with van der Waals surface area (Å²) in [5, 5.41) is 6.22. The zero-order valence-corrected chi connectivity index (χ0v) is 15.0. The van der Waals surface area contributed by atoms with E-state index >= 15 is 0 Å². The summed E-state index contributed by atoms with van der Waals surface area (Å²) in [5.74, 6) is 0.524. The van der Waals surface area contributed by atoms with Crippen LogP contribution in [0.1, 0.15) is 42.1 Å². The van der Waals surface area contributed by atoms with Crippen LogP contribution in [0.4, 0.5) is 5.13 Å². The van der Waals surface area contributed by atoms with Gasteiger partial charge in [-0.05, 0) is 42.9 Å². The van der Waals surface area contributed by atoms with Crippen LogP contribution in [0.15, 0.2) is 35.8 Å². The number of rotatable bonds is 6. The molecule has 128 valence electrons. The normalized spacial score (nSPS) is 17.7. The fourth-order valence-corrected chi connectivity index (χ4v) is 3.91. The van der Waals surface area contributed by atoms with Gasteiger partial charge in [0.2, 0.25) is 0 Å². The molecular weight excluding hydrogens is 318 g/mol. The Morgan fingerprint density at radius 1 is 1.38 bits per heavy atom. The lowest BCUT2D eigenvalue weighted by molar-refractivity contribution is 0.0945.